The maximum absolute atomic E-state index is 13.7. The topological polar surface area (TPSA) is 44.8 Å². The van der Waals surface area contributed by atoms with Gasteiger partial charge in [0.05, 0.1) is 12.3 Å². The summed E-state index contributed by atoms with van der Waals surface area (Å²) in [6, 6.07) is 5.20. The molecule has 1 amide bonds. The van der Waals surface area contributed by atoms with Gasteiger partial charge >= 0.3 is 0 Å². The van der Waals surface area contributed by atoms with E-state index in [9.17, 15) is 9.18 Å². The minimum atomic E-state index is -0.426. The second-order valence-corrected chi connectivity index (χ2v) is 7.23. The van der Waals surface area contributed by atoms with Gasteiger partial charge in [0.25, 0.3) is 0 Å². The first-order valence-corrected chi connectivity index (χ1v) is 9.20. The van der Waals surface area contributed by atoms with Gasteiger partial charge in [-0.1, -0.05) is 15.9 Å². The molecule has 0 aliphatic carbocycles. The first kappa shape index (κ1) is 17.8. The Hall–Kier alpha value is -1.02. The average Bonchev–Trinajstić information content (AvgIpc) is 3.11. The summed E-state index contributed by atoms with van der Waals surface area (Å²) in [5.74, 6) is -0.576. The molecule has 0 saturated carbocycles. The van der Waals surface area contributed by atoms with Gasteiger partial charge in [0.15, 0.2) is 0 Å². The lowest BCUT2D eigenvalue weighted by molar-refractivity contribution is -0.116. The minimum absolute atomic E-state index is 0.150. The molecule has 1 unspecified atom stereocenters. The lowest BCUT2D eigenvalue weighted by atomic mass is 10.2. The fourth-order valence-corrected chi connectivity index (χ4v) is 3.56. The molecule has 0 aromatic heterocycles. The Kier molecular flexibility index (Phi) is 6.21. The highest BCUT2D eigenvalue weighted by Gasteiger charge is 2.26. The molecule has 2 saturated heterocycles. The highest BCUT2D eigenvalue weighted by Crippen LogP contribution is 2.19. The second-order valence-electron chi connectivity index (χ2n) is 6.32. The van der Waals surface area contributed by atoms with E-state index in [0.29, 0.717) is 23.5 Å². The third-order valence-electron chi connectivity index (χ3n) is 4.69. The Balaban J connectivity index is 1.39. The zero-order chi connectivity index (χ0) is 16.9. The van der Waals surface area contributed by atoms with Crippen LogP contribution < -0.4 is 5.32 Å². The van der Waals surface area contributed by atoms with Gasteiger partial charge in [-0.05, 0) is 24.6 Å². The van der Waals surface area contributed by atoms with E-state index in [4.69, 9.17) is 4.74 Å². The van der Waals surface area contributed by atoms with Gasteiger partial charge in [-0.25, -0.2) is 4.39 Å². The standard InChI is InChI=1S/C17H23BrFN3O2/c18-13-1-2-16(15(19)11-13)20-17(23)3-5-21-6-8-22(9-7-21)14-4-10-24-12-14/h1-2,11,14H,3-10,12H2,(H,20,23). The van der Waals surface area contributed by atoms with Gasteiger partial charge < -0.3 is 15.0 Å². The molecule has 0 spiro atoms. The molecule has 2 aliphatic rings. The number of nitrogens with zero attached hydrogens (tertiary/aromatic N) is 2. The molecular weight excluding hydrogens is 377 g/mol. The maximum Gasteiger partial charge on any atom is 0.225 e. The molecular formula is C17H23BrFN3O2. The van der Waals surface area contributed by atoms with Crippen molar-refractivity contribution in [1.29, 1.82) is 0 Å². The normalized spacial score (nSPS) is 22.7. The van der Waals surface area contributed by atoms with E-state index in [0.717, 1.165) is 45.8 Å². The fourth-order valence-electron chi connectivity index (χ4n) is 3.23. The van der Waals surface area contributed by atoms with Crippen LogP contribution in [0.1, 0.15) is 12.8 Å². The third kappa shape index (κ3) is 4.75. The van der Waals surface area contributed by atoms with Crippen LogP contribution in [-0.2, 0) is 9.53 Å². The van der Waals surface area contributed by atoms with Crippen LogP contribution in [0.4, 0.5) is 10.1 Å². The zero-order valence-electron chi connectivity index (χ0n) is 13.6. The van der Waals surface area contributed by atoms with Crippen LogP contribution in [0.2, 0.25) is 0 Å². The number of piperazine rings is 1. The van der Waals surface area contributed by atoms with Crippen molar-refractivity contribution in [2.75, 3.05) is 51.3 Å². The van der Waals surface area contributed by atoms with Crippen LogP contribution in [0.3, 0.4) is 0 Å². The van der Waals surface area contributed by atoms with Crippen molar-refractivity contribution >= 4 is 27.5 Å². The van der Waals surface area contributed by atoms with E-state index in [2.05, 4.69) is 31.0 Å². The zero-order valence-corrected chi connectivity index (χ0v) is 15.2. The Morgan fingerprint density at radius 2 is 2.12 bits per heavy atom. The fraction of sp³-hybridized carbons (Fsp3) is 0.588. The molecule has 3 rings (SSSR count). The first-order chi connectivity index (χ1) is 11.6. The Labute approximate surface area is 150 Å². The lowest BCUT2D eigenvalue weighted by Crippen LogP contribution is -2.50. The number of carbonyl (C=O) groups is 1. The smallest absolute Gasteiger partial charge is 0.225 e. The SMILES string of the molecule is O=C(CCN1CCN(C2CCOC2)CC1)Nc1ccc(Br)cc1F. The molecule has 1 aromatic carbocycles. The highest BCUT2D eigenvalue weighted by molar-refractivity contribution is 9.10. The predicted molar refractivity (Wildman–Crippen MR) is 94.6 cm³/mol. The highest BCUT2D eigenvalue weighted by atomic mass is 79.9. The summed E-state index contributed by atoms with van der Waals surface area (Å²) in [7, 11) is 0. The summed E-state index contributed by atoms with van der Waals surface area (Å²) in [5.41, 5.74) is 0.231. The van der Waals surface area contributed by atoms with E-state index in [1.165, 1.54) is 6.07 Å². The molecule has 0 radical (unpaired) electrons. The number of carbonyl (C=O) groups excluding carboxylic acids is 1. The second kappa shape index (κ2) is 8.38. The monoisotopic (exact) mass is 399 g/mol. The molecule has 1 atom stereocenters. The summed E-state index contributed by atoms with van der Waals surface area (Å²) in [6.45, 7) is 6.42. The van der Waals surface area contributed by atoms with Crippen molar-refractivity contribution in [2.45, 2.75) is 18.9 Å². The molecule has 7 heteroatoms. The Morgan fingerprint density at radius 1 is 1.33 bits per heavy atom. The predicted octanol–water partition coefficient (Wildman–Crippen LogP) is 2.32. The number of nitrogens with one attached hydrogen (secondary N) is 1. The van der Waals surface area contributed by atoms with Gasteiger partial charge in [0.2, 0.25) is 5.91 Å². The van der Waals surface area contributed by atoms with E-state index >= 15 is 0 Å². The minimum Gasteiger partial charge on any atom is -0.380 e. The molecule has 0 bridgehead atoms. The molecule has 2 heterocycles. The number of amides is 1. The van der Waals surface area contributed by atoms with Crippen LogP contribution in [0.15, 0.2) is 22.7 Å². The summed E-state index contributed by atoms with van der Waals surface area (Å²) in [6.07, 6.45) is 1.50. The van der Waals surface area contributed by atoms with E-state index in [-0.39, 0.29) is 11.6 Å². The molecule has 24 heavy (non-hydrogen) atoms. The Bertz CT molecular complexity index is 573. The molecule has 1 aromatic rings. The van der Waals surface area contributed by atoms with Gasteiger partial charge in [-0.3, -0.25) is 9.69 Å². The third-order valence-corrected chi connectivity index (χ3v) is 5.18. The number of ether oxygens (including phenoxy) is 1. The van der Waals surface area contributed by atoms with Crippen molar-refractivity contribution in [1.82, 2.24) is 9.80 Å². The molecule has 5 nitrogen and oxygen atoms in total. The van der Waals surface area contributed by atoms with Crippen LogP contribution in [0.5, 0.6) is 0 Å². The first-order valence-electron chi connectivity index (χ1n) is 8.41. The number of rotatable bonds is 5. The maximum atomic E-state index is 13.7. The van der Waals surface area contributed by atoms with Crippen LogP contribution in [0, 0.1) is 5.82 Å². The van der Waals surface area contributed by atoms with Crippen LogP contribution in [0.25, 0.3) is 0 Å². The molecule has 2 aliphatic heterocycles. The van der Waals surface area contributed by atoms with Crippen LogP contribution in [-0.4, -0.2) is 67.7 Å². The summed E-state index contributed by atoms with van der Waals surface area (Å²) >= 11 is 3.20. The van der Waals surface area contributed by atoms with Crippen molar-refractivity contribution in [3.63, 3.8) is 0 Å². The van der Waals surface area contributed by atoms with Crippen LogP contribution >= 0.6 is 15.9 Å². The van der Waals surface area contributed by atoms with E-state index < -0.39 is 5.82 Å². The summed E-state index contributed by atoms with van der Waals surface area (Å²) < 4.78 is 19.8. The summed E-state index contributed by atoms with van der Waals surface area (Å²) in [4.78, 5) is 16.8. The largest absolute Gasteiger partial charge is 0.380 e. The van der Waals surface area contributed by atoms with Gasteiger partial charge in [-0.15, -0.1) is 0 Å². The molecule has 132 valence electrons. The van der Waals surface area contributed by atoms with Crippen molar-refractivity contribution in [3.05, 3.63) is 28.5 Å². The van der Waals surface area contributed by atoms with E-state index in [1.54, 1.807) is 12.1 Å². The summed E-state index contributed by atoms with van der Waals surface area (Å²) in [5, 5.41) is 2.64. The van der Waals surface area contributed by atoms with E-state index in [1.807, 2.05) is 0 Å². The van der Waals surface area contributed by atoms with Crippen molar-refractivity contribution in [2.24, 2.45) is 0 Å². The Morgan fingerprint density at radius 3 is 2.79 bits per heavy atom. The molecule has 2 fully saturated rings. The number of anilines is 1. The van der Waals surface area contributed by atoms with Gasteiger partial charge in [0.1, 0.15) is 5.82 Å². The van der Waals surface area contributed by atoms with Crippen molar-refractivity contribution in [3.8, 4) is 0 Å². The average molecular weight is 400 g/mol. The lowest BCUT2D eigenvalue weighted by Gasteiger charge is -2.37. The van der Waals surface area contributed by atoms with Gasteiger partial charge in [-0.2, -0.15) is 0 Å². The number of benzene rings is 1. The van der Waals surface area contributed by atoms with Gasteiger partial charge in [0, 0.05) is 56.3 Å². The number of halogens is 2. The quantitative estimate of drug-likeness (QED) is 0.824. The van der Waals surface area contributed by atoms with Crippen molar-refractivity contribution < 1.29 is 13.9 Å². The molecule has 1 N–H and O–H groups in total. The number of hydrogen-bond donors (Lipinski definition) is 1. The number of hydrogen-bond acceptors (Lipinski definition) is 4.